The van der Waals surface area contributed by atoms with Gasteiger partial charge in [-0.3, -0.25) is 4.79 Å². The lowest BCUT2D eigenvalue weighted by Crippen LogP contribution is -2.47. The number of methoxy groups -OCH3 is 1. The van der Waals surface area contributed by atoms with E-state index in [2.05, 4.69) is 39.4 Å². The second-order valence-corrected chi connectivity index (χ2v) is 10.1. The first kappa shape index (κ1) is 23.0. The molecule has 6 heteroatoms. The highest BCUT2D eigenvalue weighted by molar-refractivity contribution is 5.94. The maximum Gasteiger partial charge on any atom is 0.224 e. The molecule has 0 unspecified atom stereocenters. The maximum atomic E-state index is 11.6. The summed E-state index contributed by atoms with van der Waals surface area (Å²) in [5.74, 6) is 1.92. The molecule has 2 aromatic carbocycles. The van der Waals surface area contributed by atoms with Crippen LogP contribution in [0.1, 0.15) is 44.1 Å². The van der Waals surface area contributed by atoms with Crippen LogP contribution in [0, 0.1) is 5.41 Å². The zero-order chi connectivity index (χ0) is 23.4. The number of benzene rings is 2. The summed E-state index contributed by atoms with van der Waals surface area (Å²) in [6.07, 6.45) is 7.57. The number of nitrogens with zero attached hydrogens (tertiary/aromatic N) is 2. The van der Waals surface area contributed by atoms with E-state index in [0.717, 1.165) is 49.7 Å². The first-order chi connectivity index (χ1) is 16.6. The van der Waals surface area contributed by atoms with E-state index in [1.807, 2.05) is 18.2 Å². The minimum atomic E-state index is 0.0954. The number of anilines is 2. The summed E-state index contributed by atoms with van der Waals surface area (Å²) in [5.41, 5.74) is 3.85. The lowest BCUT2D eigenvalue weighted by Gasteiger charge is -2.47. The molecule has 1 spiro atoms. The van der Waals surface area contributed by atoms with Crippen LogP contribution in [0.15, 0.2) is 42.5 Å². The smallest absolute Gasteiger partial charge is 0.224 e. The van der Waals surface area contributed by atoms with Gasteiger partial charge >= 0.3 is 0 Å². The number of hydrogen-bond acceptors (Lipinski definition) is 5. The molecule has 182 valence electrons. The van der Waals surface area contributed by atoms with E-state index in [1.54, 1.807) is 7.11 Å². The topological polar surface area (TPSA) is 54.0 Å². The van der Waals surface area contributed by atoms with Gasteiger partial charge in [-0.25, -0.2) is 0 Å². The minimum Gasteiger partial charge on any atom is -0.495 e. The molecule has 0 aromatic heterocycles. The van der Waals surface area contributed by atoms with Gasteiger partial charge < -0.3 is 24.6 Å². The summed E-state index contributed by atoms with van der Waals surface area (Å²) in [6.45, 7) is 6.43. The molecule has 0 bridgehead atoms. The maximum absolute atomic E-state index is 11.6. The van der Waals surface area contributed by atoms with Gasteiger partial charge in [-0.2, -0.15) is 0 Å². The number of carbonyl (C=O) groups excluding carboxylic acids is 1. The normalized spacial score (nSPS) is 20.0. The molecule has 2 fully saturated rings. The first-order valence-corrected chi connectivity index (χ1v) is 12.8. The minimum absolute atomic E-state index is 0.0954. The first-order valence-electron chi connectivity index (χ1n) is 12.8. The van der Waals surface area contributed by atoms with Crippen LogP contribution < -0.4 is 19.7 Å². The number of nitrogens with one attached hydrogen (secondary N) is 1. The highest BCUT2D eigenvalue weighted by Gasteiger charge is 2.37. The van der Waals surface area contributed by atoms with Crippen molar-refractivity contribution in [3.8, 4) is 11.5 Å². The third kappa shape index (κ3) is 5.17. The Hall–Kier alpha value is -2.73. The Bertz CT molecular complexity index is 990. The van der Waals surface area contributed by atoms with Crippen molar-refractivity contribution >= 4 is 17.3 Å². The van der Waals surface area contributed by atoms with Gasteiger partial charge in [-0.05, 0) is 80.8 Å². The number of piperidine rings is 2. The van der Waals surface area contributed by atoms with Gasteiger partial charge in [0.15, 0.2) is 0 Å². The third-order valence-corrected chi connectivity index (χ3v) is 8.03. The number of hydrogen-bond donors (Lipinski definition) is 1. The van der Waals surface area contributed by atoms with Gasteiger partial charge in [-0.15, -0.1) is 0 Å². The summed E-state index contributed by atoms with van der Waals surface area (Å²) in [4.78, 5) is 16.7. The molecule has 2 aromatic rings. The van der Waals surface area contributed by atoms with E-state index >= 15 is 0 Å². The zero-order valence-corrected chi connectivity index (χ0v) is 20.4. The van der Waals surface area contributed by atoms with Crippen LogP contribution in [0.3, 0.4) is 0 Å². The fraction of sp³-hybridized carbons (Fsp3) is 0.536. The predicted molar refractivity (Wildman–Crippen MR) is 136 cm³/mol. The van der Waals surface area contributed by atoms with Crippen molar-refractivity contribution in [2.45, 2.75) is 44.9 Å². The number of likely N-dealkylation sites (tertiary alicyclic amines) is 1. The van der Waals surface area contributed by atoms with Crippen molar-refractivity contribution in [1.82, 2.24) is 4.90 Å². The molecule has 1 amide bonds. The lowest BCUT2D eigenvalue weighted by molar-refractivity contribution is -0.116. The molecule has 0 aliphatic carbocycles. The SMILES string of the molecule is COc1ccccc1N1CCC2(CCN(CCCOc3ccc4c(c3)NC(=O)CC4)CC2)CC1. The largest absolute Gasteiger partial charge is 0.495 e. The number of fused-ring (bicyclic) bond motifs is 1. The molecule has 3 aliphatic heterocycles. The van der Waals surface area contributed by atoms with Crippen LogP contribution >= 0.6 is 0 Å². The van der Waals surface area contributed by atoms with E-state index in [0.29, 0.717) is 18.4 Å². The van der Waals surface area contributed by atoms with Crippen LogP contribution in [-0.4, -0.2) is 57.2 Å². The predicted octanol–water partition coefficient (Wildman–Crippen LogP) is 4.73. The molecule has 3 heterocycles. The van der Waals surface area contributed by atoms with Gasteiger partial charge in [0, 0.05) is 37.8 Å². The van der Waals surface area contributed by atoms with Gasteiger partial charge in [0.1, 0.15) is 11.5 Å². The van der Waals surface area contributed by atoms with Crippen molar-refractivity contribution < 1.29 is 14.3 Å². The molecule has 1 N–H and O–H groups in total. The Balaban J connectivity index is 1.03. The molecule has 34 heavy (non-hydrogen) atoms. The molecular formula is C28H37N3O3. The van der Waals surface area contributed by atoms with Gasteiger partial charge in [0.25, 0.3) is 0 Å². The van der Waals surface area contributed by atoms with Crippen molar-refractivity contribution in [2.75, 3.05) is 56.7 Å². The van der Waals surface area contributed by atoms with Gasteiger partial charge in [0.2, 0.25) is 5.91 Å². The van der Waals surface area contributed by atoms with Crippen LogP contribution in [0.25, 0.3) is 0 Å². The molecule has 3 aliphatic rings. The van der Waals surface area contributed by atoms with Crippen LogP contribution in [0.4, 0.5) is 11.4 Å². The number of para-hydroxylation sites is 2. The van der Waals surface area contributed by atoms with Crippen LogP contribution in [0.2, 0.25) is 0 Å². The average molecular weight is 464 g/mol. The molecular weight excluding hydrogens is 426 g/mol. The Morgan fingerprint density at radius 1 is 0.971 bits per heavy atom. The molecule has 0 atom stereocenters. The van der Waals surface area contributed by atoms with E-state index in [1.165, 1.54) is 50.0 Å². The summed E-state index contributed by atoms with van der Waals surface area (Å²) in [7, 11) is 1.76. The van der Waals surface area contributed by atoms with Crippen molar-refractivity contribution in [2.24, 2.45) is 5.41 Å². The summed E-state index contributed by atoms with van der Waals surface area (Å²) >= 11 is 0. The summed E-state index contributed by atoms with van der Waals surface area (Å²) in [5, 5.41) is 2.95. The number of ether oxygens (including phenoxy) is 2. The standard InChI is InChI=1S/C28H37N3O3/c1-33-26-6-3-2-5-25(26)31-18-13-28(14-19-31)11-16-30(17-12-28)15-4-20-34-23-9-7-22-8-10-27(32)29-24(22)21-23/h2-3,5-7,9,21H,4,8,10-20H2,1H3,(H,29,32). The van der Waals surface area contributed by atoms with E-state index in [9.17, 15) is 4.79 Å². The Labute approximate surface area is 203 Å². The Morgan fingerprint density at radius 2 is 1.74 bits per heavy atom. The fourth-order valence-corrected chi connectivity index (χ4v) is 5.78. The number of amides is 1. The molecule has 5 rings (SSSR count). The highest BCUT2D eigenvalue weighted by atomic mass is 16.5. The van der Waals surface area contributed by atoms with Crippen molar-refractivity contribution in [1.29, 1.82) is 0 Å². The second kappa shape index (κ2) is 10.3. The van der Waals surface area contributed by atoms with E-state index in [-0.39, 0.29) is 5.91 Å². The second-order valence-electron chi connectivity index (χ2n) is 10.1. The summed E-state index contributed by atoms with van der Waals surface area (Å²) in [6, 6.07) is 14.5. The molecule has 2 saturated heterocycles. The van der Waals surface area contributed by atoms with Crippen LogP contribution in [-0.2, 0) is 11.2 Å². The Morgan fingerprint density at radius 3 is 2.53 bits per heavy atom. The number of aryl methyl sites for hydroxylation is 1. The van der Waals surface area contributed by atoms with Gasteiger partial charge in [0.05, 0.1) is 19.4 Å². The van der Waals surface area contributed by atoms with Crippen molar-refractivity contribution in [3.63, 3.8) is 0 Å². The lowest BCUT2D eigenvalue weighted by atomic mass is 9.71. The van der Waals surface area contributed by atoms with Crippen LogP contribution in [0.5, 0.6) is 11.5 Å². The highest BCUT2D eigenvalue weighted by Crippen LogP contribution is 2.43. The van der Waals surface area contributed by atoms with E-state index < -0.39 is 0 Å². The third-order valence-electron chi connectivity index (χ3n) is 8.03. The number of rotatable bonds is 7. The molecule has 0 radical (unpaired) electrons. The van der Waals surface area contributed by atoms with Gasteiger partial charge in [-0.1, -0.05) is 18.2 Å². The fourth-order valence-electron chi connectivity index (χ4n) is 5.78. The molecule has 6 nitrogen and oxygen atoms in total. The monoisotopic (exact) mass is 463 g/mol. The summed E-state index contributed by atoms with van der Waals surface area (Å²) < 4.78 is 11.6. The average Bonchev–Trinajstić information content (AvgIpc) is 2.88. The quantitative estimate of drug-likeness (QED) is 0.602. The Kier molecular flexibility index (Phi) is 6.95. The van der Waals surface area contributed by atoms with E-state index in [4.69, 9.17) is 9.47 Å². The number of carbonyl (C=O) groups is 1. The molecule has 0 saturated carbocycles. The zero-order valence-electron chi connectivity index (χ0n) is 20.4. The van der Waals surface area contributed by atoms with Crippen molar-refractivity contribution in [3.05, 3.63) is 48.0 Å².